The van der Waals surface area contributed by atoms with Crippen LogP contribution in [0.2, 0.25) is 0 Å². The van der Waals surface area contributed by atoms with Gasteiger partial charge in [-0.05, 0) is 93.9 Å². The van der Waals surface area contributed by atoms with E-state index in [9.17, 15) is 0 Å². The third-order valence-electron chi connectivity index (χ3n) is 10.9. The number of ether oxygens (including phenoxy) is 1. The van der Waals surface area contributed by atoms with E-state index in [0.717, 1.165) is 84.6 Å². The molecule has 1 aromatic heterocycles. The molecule has 0 radical (unpaired) electrons. The molecule has 3 heteroatoms. The summed E-state index contributed by atoms with van der Waals surface area (Å²) in [5.74, 6) is 1.45. The van der Waals surface area contributed by atoms with E-state index in [4.69, 9.17) is 9.15 Å². The Labute approximate surface area is 338 Å². The summed E-state index contributed by atoms with van der Waals surface area (Å²) in [7, 11) is 0. The van der Waals surface area contributed by atoms with Crippen molar-refractivity contribution < 1.29 is 9.15 Å². The van der Waals surface area contributed by atoms with Crippen LogP contribution in [0.5, 0.6) is 5.75 Å². The van der Waals surface area contributed by atoms with Crippen molar-refractivity contribution in [3.05, 3.63) is 230 Å². The second-order valence-electron chi connectivity index (χ2n) is 14.6. The minimum Gasteiger partial charge on any atom is -0.457 e. The van der Waals surface area contributed by atoms with Gasteiger partial charge in [0.05, 0.1) is 0 Å². The Morgan fingerprint density at radius 3 is 1.62 bits per heavy atom. The van der Waals surface area contributed by atoms with Crippen molar-refractivity contribution >= 4 is 39.0 Å². The summed E-state index contributed by atoms with van der Waals surface area (Å²) in [5, 5.41) is 2.25. The van der Waals surface area contributed by atoms with E-state index in [1.165, 1.54) is 16.7 Å². The highest BCUT2D eigenvalue weighted by atomic mass is 16.5. The van der Waals surface area contributed by atoms with Crippen molar-refractivity contribution in [3.8, 4) is 50.3 Å². The first kappa shape index (κ1) is 34.8. The highest BCUT2D eigenvalue weighted by Gasteiger charge is 2.18. The molecule has 0 N–H and O–H groups in total. The second-order valence-corrected chi connectivity index (χ2v) is 14.6. The molecule has 10 rings (SSSR count). The Kier molecular flexibility index (Phi) is 9.09. The van der Waals surface area contributed by atoms with Crippen molar-refractivity contribution in [2.45, 2.75) is 6.42 Å². The number of hydrogen-bond acceptors (Lipinski definition) is 3. The Hall–Kier alpha value is -7.62. The maximum absolute atomic E-state index is 6.41. The van der Waals surface area contributed by atoms with Crippen LogP contribution in [0.1, 0.15) is 5.56 Å². The van der Waals surface area contributed by atoms with Crippen LogP contribution in [-0.4, -0.2) is 0 Å². The Balaban J connectivity index is 1.02. The number of anilines is 3. The zero-order valence-electron chi connectivity index (χ0n) is 31.9. The van der Waals surface area contributed by atoms with Gasteiger partial charge in [0.15, 0.2) is 0 Å². The van der Waals surface area contributed by atoms with Crippen LogP contribution < -0.4 is 9.64 Å². The average Bonchev–Trinajstić information content (AvgIpc) is 3.70. The molecule has 2 heterocycles. The van der Waals surface area contributed by atoms with Crippen LogP contribution in [-0.2, 0) is 6.42 Å². The number of allylic oxidation sites excluding steroid dienone is 4. The van der Waals surface area contributed by atoms with E-state index < -0.39 is 0 Å². The predicted molar refractivity (Wildman–Crippen MR) is 242 cm³/mol. The summed E-state index contributed by atoms with van der Waals surface area (Å²) >= 11 is 0. The topological polar surface area (TPSA) is 25.6 Å². The quantitative estimate of drug-likeness (QED) is 0.162. The Bertz CT molecular complexity index is 2970. The lowest BCUT2D eigenvalue weighted by molar-refractivity contribution is 0.444. The summed E-state index contributed by atoms with van der Waals surface area (Å²) in [5.41, 5.74) is 15.1. The summed E-state index contributed by atoms with van der Waals surface area (Å²) in [6.07, 6.45) is 8.84. The molecule has 8 aromatic carbocycles. The van der Waals surface area contributed by atoms with Crippen LogP contribution in [0.3, 0.4) is 0 Å². The van der Waals surface area contributed by atoms with E-state index in [-0.39, 0.29) is 0 Å². The third kappa shape index (κ3) is 6.69. The van der Waals surface area contributed by atoms with Crippen LogP contribution in [0.25, 0.3) is 66.4 Å². The molecule has 0 bridgehead atoms. The lowest BCUT2D eigenvalue weighted by Gasteiger charge is -2.26. The molecule has 0 aliphatic carbocycles. The van der Waals surface area contributed by atoms with E-state index in [1.807, 2.05) is 30.4 Å². The number of nitrogens with zero attached hydrogens (tertiary/aromatic N) is 1. The highest BCUT2D eigenvalue weighted by molar-refractivity contribution is 6.09. The van der Waals surface area contributed by atoms with Gasteiger partial charge in [-0.2, -0.15) is 0 Å². The van der Waals surface area contributed by atoms with Crippen LogP contribution in [0.4, 0.5) is 17.1 Å². The molecule has 276 valence electrons. The smallest absolute Gasteiger partial charge is 0.143 e. The summed E-state index contributed by atoms with van der Waals surface area (Å²) in [4.78, 5) is 2.31. The van der Waals surface area contributed by atoms with Crippen LogP contribution in [0.15, 0.2) is 229 Å². The first-order valence-corrected chi connectivity index (χ1v) is 19.7. The standard InChI is InChI=1S/C55H39NO2/c1-38-12-4-2-7-15-45-16-10-18-49(54(45)57-38)43-28-34-47(35-29-43)56(46-32-26-42(27-33-46)41-24-22-40(23-25-41)39-13-5-3-6-14-39)48-36-30-44(31-37-48)50-19-11-20-52-51-17-8-9-21-53(51)58-55(50)52/h2-14,16-37H,1,15H2/b7-2-,12-4-. The molecule has 0 saturated heterocycles. The second kappa shape index (κ2) is 15.1. The largest absolute Gasteiger partial charge is 0.457 e. The number of para-hydroxylation sites is 3. The van der Waals surface area contributed by atoms with E-state index in [1.54, 1.807) is 0 Å². The molecule has 0 saturated carbocycles. The zero-order valence-corrected chi connectivity index (χ0v) is 31.9. The average molecular weight is 746 g/mol. The van der Waals surface area contributed by atoms with E-state index >= 15 is 0 Å². The molecule has 3 nitrogen and oxygen atoms in total. The molecule has 0 fully saturated rings. The molecule has 9 aromatic rings. The third-order valence-corrected chi connectivity index (χ3v) is 10.9. The predicted octanol–water partition coefficient (Wildman–Crippen LogP) is 15.3. The van der Waals surface area contributed by atoms with Crippen LogP contribution in [0, 0.1) is 0 Å². The first-order valence-electron chi connectivity index (χ1n) is 19.7. The van der Waals surface area contributed by atoms with Gasteiger partial charge in [0.25, 0.3) is 0 Å². The van der Waals surface area contributed by atoms with Crippen molar-refractivity contribution in [1.82, 2.24) is 0 Å². The minimum atomic E-state index is 0.610. The van der Waals surface area contributed by atoms with Gasteiger partial charge >= 0.3 is 0 Å². The normalized spacial score (nSPS) is 13.6. The number of benzene rings is 8. The van der Waals surface area contributed by atoms with E-state index in [0.29, 0.717) is 5.76 Å². The van der Waals surface area contributed by atoms with Crippen LogP contribution >= 0.6 is 0 Å². The van der Waals surface area contributed by atoms with Gasteiger partial charge in [-0.25, -0.2) is 0 Å². The molecule has 1 aliphatic heterocycles. The SMILES string of the molecule is C=C1/C=C\C=C/Cc2cccc(-c3ccc(N(c4ccc(-c5ccc(-c6ccccc6)cc5)cc4)c4ccc(-c5cccc6c5oc5ccccc56)cc4)cc3)c2O1. The highest BCUT2D eigenvalue weighted by Crippen LogP contribution is 2.41. The lowest BCUT2D eigenvalue weighted by atomic mass is 9.98. The maximum atomic E-state index is 6.41. The molecular weight excluding hydrogens is 707 g/mol. The summed E-state index contributed by atoms with van der Waals surface area (Å²) in [6, 6.07) is 66.6. The number of furan rings is 1. The minimum absolute atomic E-state index is 0.610. The van der Waals surface area contributed by atoms with Crippen molar-refractivity contribution in [2.75, 3.05) is 4.90 Å². The molecule has 1 aliphatic rings. The van der Waals surface area contributed by atoms with Gasteiger partial charge in [0.1, 0.15) is 22.7 Å². The molecule has 0 unspecified atom stereocenters. The molecular formula is C55H39NO2. The fourth-order valence-electron chi connectivity index (χ4n) is 7.99. The van der Waals surface area contributed by atoms with Gasteiger partial charge in [0, 0.05) is 39.0 Å². The summed E-state index contributed by atoms with van der Waals surface area (Å²) < 4.78 is 12.8. The molecule has 0 atom stereocenters. The molecule has 58 heavy (non-hydrogen) atoms. The van der Waals surface area contributed by atoms with E-state index in [2.05, 4.69) is 193 Å². The van der Waals surface area contributed by atoms with Gasteiger partial charge < -0.3 is 14.1 Å². The van der Waals surface area contributed by atoms with Crippen molar-refractivity contribution in [3.63, 3.8) is 0 Å². The van der Waals surface area contributed by atoms with Gasteiger partial charge in [-0.15, -0.1) is 0 Å². The monoisotopic (exact) mass is 745 g/mol. The number of rotatable bonds is 7. The van der Waals surface area contributed by atoms with Crippen molar-refractivity contribution in [2.24, 2.45) is 0 Å². The Morgan fingerprint density at radius 1 is 0.431 bits per heavy atom. The van der Waals surface area contributed by atoms with Gasteiger partial charge in [-0.3, -0.25) is 0 Å². The maximum Gasteiger partial charge on any atom is 0.143 e. The fraction of sp³-hybridized carbons (Fsp3) is 0.0182. The first-order chi connectivity index (χ1) is 28.7. The van der Waals surface area contributed by atoms with Gasteiger partial charge in [-0.1, -0.05) is 170 Å². The number of hydrogen-bond donors (Lipinski definition) is 0. The number of fused-ring (bicyclic) bond motifs is 4. The molecule has 0 spiro atoms. The Morgan fingerprint density at radius 2 is 0.948 bits per heavy atom. The van der Waals surface area contributed by atoms with Crippen molar-refractivity contribution in [1.29, 1.82) is 0 Å². The molecule has 0 amide bonds. The fourth-order valence-corrected chi connectivity index (χ4v) is 7.99. The lowest BCUT2D eigenvalue weighted by Crippen LogP contribution is -2.09. The van der Waals surface area contributed by atoms with Gasteiger partial charge in [0.2, 0.25) is 0 Å². The zero-order chi connectivity index (χ0) is 38.8. The summed E-state index contributed by atoms with van der Waals surface area (Å²) in [6.45, 7) is 4.13.